The smallest absolute Gasteiger partial charge is 0.344 e. The molecular weight excluding hydrogens is 378 g/mol. The maximum atomic E-state index is 12.5. The van der Waals surface area contributed by atoms with Gasteiger partial charge in [0, 0.05) is 0 Å². The molecule has 0 heterocycles. The second kappa shape index (κ2) is 8.99. The Morgan fingerprint density at radius 2 is 1.80 bits per heavy atom. The highest BCUT2D eigenvalue weighted by molar-refractivity contribution is 5.85. The molecule has 30 heavy (non-hydrogen) atoms. The van der Waals surface area contributed by atoms with Crippen LogP contribution in [0.2, 0.25) is 0 Å². The zero-order chi connectivity index (χ0) is 20.9. The van der Waals surface area contributed by atoms with Gasteiger partial charge in [-0.1, -0.05) is 54.6 Å². The van der Waals surface area contributed by atoms with Crippen molar-refractivity contribution in [2.75, 3.05) is 6.61 Å². The molecule has 0 spiro atoms. The van der Waals surface area contributed by atoms with Gasteiger partial charge >= 0.3 is 5.97 Å². The van der Waals surface area contributed by atoms with Gasteiger partial charge in [0.1, 0.15) is 5.75 Å². The first kappa shape index (κ1) is 20.0. The van der Waals surface area contributed by atoms with E-state index in [2.05, 4.69) is 11.4 Å². The Labute approximate surface area is 176 Å². The number of hydrogen-bond acceptors (Lipinski definition) is 4. The second-order valence-electron chi connectivity index (χ2n) is 7.58. The zero-order valence-electron chi connectivity index (χ0n) is 17.0. The van der Waals surface area contributed by atoms with Gasteiger partial charge in [0.25, 0.3) is 5.91 Å². The average Bonchev–Trinajstić information content (AvgIpc) is 2.77. The van der Waals surface area contributed by atoms with E-state index < -0.39 is 12.1 Å². The Hall–Kier alpha value is -3.34. The molecule has 0 aromatic heterocycles. The molecule has 1 aliphatic carbocycles. The van der Waals surface area contributed by atoms with Crippen molar-refractivity contribution in [1.29, 1.82) is 0 Å². The number of fused-ring (bicyclic) bond motifs is 2. The van der Waals surface area contributed by atoms with E-state index in [1.54, 1.807) is 6.92 Å². The van der Waals surface area contributed by atoms with E-state index in [1.165, 1.54) is 5.56 Å². The van der Waals surface area contributed by atoms with E-state index in [9.17, 15) is 9.59 Å². The van der Waals surface area contributed by atoms with Gasteiger partial charge in [0.15, 0.2) is 12.7 Å². The Morgan fingerprint density at radius 3 is 2.67 bits per heavy atom. The van der Waals surface area contributed by atoms with Crippen LogP contribution in [-0.2, 0) is 20.7 Å². The molecule has 1 N–H and O–H groups in total. The number of amides is 1. The van der Waals surface area contributed by atoms with Crippen LogP contribution in [0, 0.1) is 0 Å². The van der Waals surface area contributed by atoms with Gasteiger partial charge in [0.05, 0.1) is 6.04 Å². The molecule has 0 radical (unpaired) electrons. The molecule has 5 nitrogen and oxygen atoms in total. The third-order valence-electron chi connectivity index (χ3n) is 5.44. The SMILES string of the molecule is C[C@H](OC(=O)COc1ccc2ccccc2c1)C(=O)N[C@H]1CCCc2ccccc21. The van der Waals surface area contributed by atoms with Crippen molar-refractivity contribution in [3.63, 3.8) is 0 Å². The van der Waals surface area contributed by atoms with Crippen molar-refractivity contribution in [3.05, 3.63) is 77.9 Å². The second-order valence-corrected chi connectivity index (χ2v) is 7.58. The van der Waals surface area contributed by atoms with Gasteiger partial charge in [-0.25, -0.2) is 4.79 Å². The lowest BCUT2D eigenvalue weighted by molar-refractivity contribution is -0.156. The molecular formula is C25H25NO4. The maximum absolute atomic E-state index is 12.5. The number of rotatable bonds is 6. The first-order chi connectivity index (χ1) is 14.6. The quantitative estimate of drug-likeness (QED) is 0.622. The standard InChI is InChI=1S/C25H25NO4/c1-17(25(28)26-23-12-6-10-19-8-4-5-11-22(19)23)30-24(27)16-29-21-14-13-18-7-2-3-9-20(18)15-21/h2-5,7-9,11,13-15,17,23H,6,10,12,16H2,1H3,(H,26,28)/t17-,23-/m0/s1. The highest BCUT2D eigenvalue weighted by atomic mass is 16.6. The third kappa shape index (κ3) is 4.62. The molecule has 0 aliphatic heterocycles. The van der Waals surface area contributed by atoms with E-state index >= 15 is 0 Å². The summed E-state index contributed by atoms with van der Waals surface area (Å²) in [5.74, 6) is -0.285. The molecule has 1 amide bonds. The minimum atomic E-state index is -0.883. The van der Waals surface area contributed by atoms with E-state index in [0.717, 1.165) is 35.6 Å². The fourth-order valence-electron chi connectivity index (χ4n) is 3.88. The highest BCUT2D eigenvalue weighted by Gasteiger charge is 2.25. The summed E-state index contributed by atoms with van der Waals surface area (Å²) in [5.41, 5.74) is 2.41. The summed E-state index contributed by atoms with van der Waals surface area (Å²) in [6.45, 7) is 1.33. The van der Waals surface area contributed by atoms with Crippen molar-refractivity contribution in [2.24, 2.45) is 0 Å². The molecule has 0 saturated heterocycles. The summed E-state index contributed by atoms with van der Waals surface area (Å²) in [6.07, 6.45) is 2.05. The summed E-state index contributed by atoms with van der Waals surface area (Å²) < 4.78 is 10.8. The van der Waals surface area contributed by atoms with Crippen LogP contribution < -0.4 is 10.1 Å². The summed E-state index contributed by atoms with van der Waals surface area (Å²) >= 11 is 0. The fourth-order valence-corrected chi connectivity index (χ4v) is 3.88. The molecule has 5 heteroatoms. The minimum absolute atomic E-state index is 0.0440. The van der Waals surface area contributed by atoms with E-state index in [-0.39, 0.29) is 18.6 Å². The van der Waals surface area contributed by atoms with Crippen molar-refractivity contribution in [3.8, 4) is 5.75 Å². The van der Waals surface area contributed by atoms with Gasteiger partial charge in [-0.15, -0.1) is 0 Å². The monoisotopic (exact) mass is 403 g/mol. The average molecular weight is 403 g/mol. The first-order valence-electron chi connectivity index (χ1n) is 10.3. The summed E-state index contributed by atoms with van der Waals surface area (Å²) in [6, 6.07) is 21.6. The number of carbonyl (C=O) groups excluding carboxylic acids is 2. The van der Waals surface area contributed by atoms with Gasteiger partial charge < -0.3 is 14.8 Å². The minimum Gasteiger partial charge on any atom is -0.482 e. The van der Waals surface area contributed by atoms with Crippen LogP contribution in [0.25, 0.3) is 10.8 Å². The van der Waals surface area contributed by atoms with Crippen molar-refractivity contribution in [2.45, 2.75) is 38.3 Å². The zero-order valence-corrected chi connectivity index (χ0v) is 17.0. The van der Waals surface area contributed by atoms with E-state index in [0.29, 0.717) is 5.75 Å². The van der Waals surface area contributed by atoms with Crippen LogP contribution in [0.5, 0.6) is 5.75 Å². The number of carbonyl (C=O) groups is 2. The van der Waals surface area contributed by atoms with Crippen molar-refractivity contribution < 1.29 is 19.1 Å². The Kier molecular flexibility index (Phi) is 5.98. The van der Waals surface area contributed by atoms with E-state index in [4.69, 9.17) is 9.47 Å². The fraction of sp³-hybridized carbons (Fsp3) is 0.280. The van der Waals surface area contributed by atoms with Crippen LogP contribution in [0.4, 0.5) is 0 Å². The lowest BCUT2D eigenvalue weighted by Gasteiger charge is -2.27. The molecule has 3 aromatic rings. The molecule has 0 fully saturated rings. The largest absolute Gasteiger partial charge is 0.482 e. The molecule has 4 rings (SSSR count). The normalized spacial score (nSPS) is 16.4. The van der Waals surface area contributed by atoms with Crippen LogP contribution in [0.1, 0.15) is 36.9 Å². The Morgan fingerprint density at radius 1 is 1.03 bits per heavy atom. The lowest BCUT2D eigenvalue weighted by atomic mass is 9.87. The molecule has 0 unspecified atom stereocenters. The number of ether oxygens (including phenoxy) is 2. The molecule has 3 aromatic carbocycles. The molecule has 0 bridgehead atoms. The Bertz CT molecular complexity index is 1060. The van der Waals surface area contributed by atoms with Crippen LogP contribution in [-0.4, -0.2) is 24.6 Å². The number of benzene rings is 3. The topological polar surface area (TPSA) is 64.6 Å². The van der Waals surface area contributed by atoms with Gasteiger partial charge in [0.2, 0.25) is 0 Å². The molecule has 154 valence electrons. The van der Waals surface area contributed by atoms with Crippen LogP contribution in [0.3, 0.4) is 0 Å². The van der Waals surface area contributed by atoms with Crippen LogP contribution in [0.15, 0.2) is 66.7 Å². The van der Waals surface area contributed by atoms with Gasteiger partial charge in [-0.05, 0) is 60.2 Å². The number of esters is 1. The third-order valence-corrected chi connectivity index (χ3v) is 5.44. The first-order valence-corrected chi connectivity index (χ1v) is 10.3. The van der Waals surface area contributed by atoms with Gasteiger partial charge in [-0.3, -0.25) is 4.79 Å². The highest BCUT2D eigenvalue weighted by Crippen LogP contribution is 2.29. The molecule has 2 atom stereocenters. The summed E-state index contributed by atoms with van der Waals surface area (Å²) in [4.78, 5) is 24.7. The molecule has 1 aliphatic rings. The van der Waals surface area contributed by atoms with Gasteiger partial charge in [-0.2, -0.15) is 0 Å². The van der Waals surface area contributed by atoms with Crippen molar-refractivity contribution in [1.82, 2.24) is 5.32 Å². The van der Waals surface area contributed by atoms with E-state index in [1.807, 2.05) is 60.7 Å². The molecule has 0 saturated carbocycles. The summed E-state index contributed by atoms with van der Waals surface area (Å²) in [5, 5.41) is 5.15. The predicted octanol–water partition coefficient (Wildman–Crippen LogP) is 4.34. The number of aryl methyl sites for hydroxylation is 1. The van der Waals surface area contributed by atoms with Crippen LogP contribution >= 0.6 is 0 Å². The predicted molar refractivity (Wildman–Crippen MR) is 115 cm³/mol. The maximum Gasteiger partial charge on any atom is 0.344 e. The number of nitrogens with one attached hydrogen (secondary N) is 1. The van der Waals surface area contributed by atoms with Crippen molar-refractivity contribution >= 4 is 22.6 Å². The number of hydrogen-bond donors (Lipinski definition) is 1. The summed E-state index contributed by atoms with van der Waals surface area (Å²) in [7, 11) is 0. The lowest BCUT2D eigenvalue weighted by Crippen LogP contribution is -2.39. The Balaban J connectivity index is 1.29.